The third kappa shape index (κ3) is 1.97. The van der Waals surface area contributed by atoms with E-state index in [1.165, 1.54) is 23.2 Å². The van der Waals surface area contributed by atoms with Crippen LogP contribution < -0.4 is 14.4 Å². The predicted molar refractivity (Wildman–Crippen MR) is 115 cm³/mol. The van der Waals surface area contributed by atoms with E-state index in [1.807, 2.05) is 12.1 Å². The van der Waals surface area contributed by atoms with Crippen LogP contribution in [-0.4, -0.2) is 54.9 Å². The zero-order chi connectivity index (χ0) is 20.0. The maximum atomic E-state index is 10.7. The quantitative estimate of drug-likeness (QED) is 0.790. The summed E-state index contributed by atoms with van der Waals surface area (Å²) in [5, 5.41) is 10.7. The number of benzene rings is 2. The topological polar surface area (TPSA) is 45.2 Å². The van der Waals surface area contributed by atoms with Crippen LogP contribution in [0.15, 0.2) is 36.4 Å². The number of phenols is 1. The third-order valence-electron chi connectivity index (χ3n) is 8.73. The molecule has 0 aromatic heterocycles. The van der Waals surface area contributed by atoms with Crippen molar-refractivity contribution in [2.24, 2.45) is 5.92 Å². The summed E-state index contributed by atoms with van der Waals surface area (Å²) in [6.07, 6.45) is 4.61. The molecule has 5 aliphatic rings. The second-order valence-electron chi connectivity index (χ2n) is 9.79. The van der Waals surface area contributed by atoms with Crippen LogP contribution in [0.3, 0.4) is 0 Å². The highest BCUT2D eigenvalue weighted by Crippen LogP contribution is 2.64. The van der Waals surface area contributed by atoms with Crippen LogP contribution in [0, 0.1) is 5.92 Å². The SMILES string of the molecule is CN1CC[C@]23c4c5ccc(O)c4O[C@H]2[C@H](N2CCOc4ccccc42)CC[C@H]3[C@@H]1C5. The first-order chi connectivity index (χ1) is 14.7. The van der Waals surface area contributed by atoms with E-state index >= 15 is 0 Å². The van der Waals surface area contributed by atoms with Crippen molar-refractivity contribution in [3.8, 4) is 17.2 Å². The van der Waals surface area contributed by atoms with Crippen molar-refractivity contribution in [2.45, 2.75) is 49.3 Å². The van der Waals surface area contributed by atoms with Gasteiger partial charge in [0.25, 0.3) is 0 Å². The van der Waals surface area contributed by atoms with Crippen LogP contribution in [0.25, 0.3) is 0 Å². The zero-order valence-electron chi connectivity index (χ0n) is 17.4. The fraction of sp³-hybridized carbons (Fsp3) is 0.520. The Kier molecular flexibility index (Phi) is 3.37. The lowest BCUT2D eigenvalue weighted by molar-refractivity contribution is -0.0529. The largest absolute Gasteiger partial charge is 0.504 e. The highest BCUT2D eigenvalue weighted by molar-refractivity contribution is 5.64. The molecule has 156 valence electrons. The molecule has 2 aromatic rings. The number of likely N-dealkylation sites (N-methyl/N-ethyl adjacent to an activating group) is 1. The number of hydrogen-bond donors (Lipinski definition) is 1. The lowest BCUT2D eigenvalue weighted by Gasteiger charge is -2.60. The van der Waals surface area contributed by atoms with Crippen LogP contribution in [-0.2, 0) is 11.8 Å². The molecule has 1 N–H and O–H groups in total. The second-order valence-corrected chi connectivity index (χ2v) is 9.79. The number of hydrogen-bond acceptors (Lipinski definition) is 5. The van der Waals surface area contributed by atoms with Crippen molar-refractivity contribution >= 4 is 5.69 Å². The number of likely N-dealkylation sites (tertiary alicyclic amines) is 1. The minimum absolute atomic E-state index is 0.0228. The molecule has 0 amide bonds. The summed E-state index contributed by atoms with van der Waals surface area (Å²) in [4.78, 5) is 5.12. The van der Waals surface area contributed by atoms with Gasteiger partial charge in [-0.2, -0.15) is 0 Å². The number of anilines is 1. The van der Waals surface area contributed by atoms with Crippen LogP contribution in [0.2, 0.25) is 0 Å². The van der Waals surface area contributed by atoms with Gasteiger partial charge in [0, 0.05) is 17.0 Å². The van der Waals surface area contributed by atoms with Gasteiger partial charge in [-0.1, -0.05) is 18.2 Å². The van der Waals surface area contributed by atoms with Crippen LogP contribution >= 0.6 is 0 Å². The fourth-order valence-corrected chi connectivity index (χ4v) is 7.56. The third-order valence-corrected chi connectivity index (χ3v) is 8.73. The van der Waals surface area contributed by atoms with Crippen molar-refractivity contribution in [3.63, 3.8) is 0 Å². The molecule has 5 nitrogen and oxygen atoms in total. The summed E-state index contributed by atoms with van der Waals surface area (Å²) in [6.45, 7) is 2.70. The molecule has 2 bridgehead atoms. The molecule has 1 spiro atoms. The van der Waals surface area contributed by atoms with Gasteiger partial charge in [-0.05, 0) is 69.0 Å². The molecule has 7 rings (SSSR count). The van der Waals surface area contributed by atoms with Crippen LogP contribution in [0.1, 0.15) is 30.4 Å². The molecule has 1 saturated carbocycles. The smallest absolute Gasteiger partial charge is 0.165 e. The van der Waals surface area contributed by atoms with E-state index in [9.17, 15) is 5.11 Å². The van der Waals surface area contributed by atoms with Gasteiger partial charge in [-0.3, -0.25) is 0 Å². The van der Waals surface area contributed by atoms with Crippen molar-refractivity contribution in [3.05, 3.63) is 47.5 Å². The highest BCUT2D eigenvalue weighted by Gasteiger charge is 2.66. The van der Waals surface area contributed by atoms with Gasteiger partial charge in [-0.25, -0.2) is 0 Å². The van der Waals surface area contributed by atoms with Gasteiger partial charge in [0.1, 0.15) is 18.5 Å². The molecule has 2 fully saturated rings. The average Bonchev–Trinajstić information content (AvgIpc) is 3.13. The normalized spacial score (nSPS) is 35.8. The molecule has 30 heavy (non-hydrogen) atoms. The Bertz CT molecular complexity index is 1040. The van der Waals surface area contributed by atoms with E-state index in [0.717, 1.165) is 43.9 Å². The number of piperidine rings is 1. The van der Waals surface area contributed by atoms with E-state index in [-0.39, 0.29) is 11.5 Å². The lowest BCUT2D eigenvalue weighted by Crippen LogP contribution is -2.68. The minimum atomic E-state index is 0.0228. The summed E-state index contributed by atoms with van der Waals surface area (Å²) < 4.78 is 12.7. The van der Waals surface area contributed by atoms with Gasteiger partial charge >= 0.3 is 0 Å². The summed E-state index contributed by atoms with van der Waals surface area (Å²) in [5.41, 5.74) is 3.94. The first kappa shape index (κ1) is 17.3. The van der Waals surface area contributed by atoms with E-state index in [0.29, 0.717) is 30.4 Å². The van der Waals surface area contributed by atoms with Crippen molar-refractivity contribution in [1.82, 2.24) is 4.90 Å². The van der Waals surface area contributed by atoms with Crippen molar-refractivity contribution in [2.75, 3.05) is 31.6 Å². The Hall–Kier alpha value is -2.40. The Morgan fingerprint density at radius 3 is 2.90 bits per heavy atom. The molecule has 0 radical (unpaired) electrons. The number of rotatable bonds is 1. The standard InChI is InChI=1S/C25H28N2O3/c1-26-11-10-25-16-7-8-18(27-12-13-29-21-5-3-2-4-17(21)27)24(25)30-23-20(28)9-6-15(22(23)25)14-19(16)26/h2-6,9,16,18-19,24,28H,7-8,10-14H2,1H3/t16-,18+,19-,24-,25-/m0/s1. The molecule has 2 aliphatic carbocycles. The Balaban J connectivity index is 1.40. The minimum Gasteiger partial charge on any atom is -0.504 e. The predicted octanol–water partition coefficient (Wildman–Crippen LogP) is 3.33. The van der Waals surface area contributed by atoms with Gasteiger partial charge in [0.05, 0.1) is 18.3 Å². The number of nitrogens with zero attached hydrogens (tertiary/aromatic N) is 2. The van der Waals surface area contributed by atoms with E-state index in [2.05, 4.69) is 41.1 Å². The van der Waals surface area contributed by atoms with Gasteiger partial charge in [0.2, 0.25) is 0 Å². The molecule has 1 saturated heterocycles. The van der Waals surface area contributed by atoms with Gasteiger partial charge in [0.15, 0.2) is 11.5 Å². The fourth-order valence-electron chi connectivity index (χ4n) is 7.56. The molecule has 3 aliphatic heterocycles. The summed E-state index contributed by atoms with van der Waals surface area (Å²) in [7, 11) is 2.29. The average molecular weight is 405 g/mol. The van der Waals surface area contributed by atoms with E-state index in [1.54, 1.807) is 0 Å². The summed E-state index contributed by atoms with van der Waals surface area (Å²) >= 11 is 0. The maximum Gasteiger partial charge on any atom is 0.165 e. The molecular weight excluding hydrogens is 376 g/mol. The molecule has 2 aromatic carbocycles. The molecule has 5 heteroatoms. The Labute approximate surface area is 177 Å². The van der Waals surface area contributed by atoms with Crippen LogP contribution in [0.5, 0.6) is 17.2 Å². The Morgan fingerprint density at radius 2 is 1.97 bits per heavy atom. The Morgan fingerprint density at radius 1 is 1.07 bits per heavy atom. The highest BCUT2D eigenvalue weighted by atomic mass is 16.5. The first-order valence-electron chi connectivity index (χ1n) is 11.4. The van der Waals surface area contributed by atoms with Gasteiger partial charge in [-0.15, -0.1) is 0 Å². The summed E-state index contributed by atoms with van der Waals surface area (Å²) in [6, 6.07) is 13.3. The molecule has 3 heterocycles. The number of aromatic hydroxyl groups is 1. The number of ether oxygens (including phenoxy) is 2. The summed E-state index contributed by atoms with van der Waals surface area (Å²) in [5.74, 6) is 2.67. The first-order valence-corrected chi connectivity index (χ1v) is 11.4. The number of phenolic OH excluding ortho intramolecular Hbond substituents is 1. The number of para-hydroxylation sites is 2. The van der Waals surface area contributed by atoms with E-state index < -0.39 is 0 Å². The van der Waals surface area contributed by atoms with Gasteiger partial charge < -0.3 is 24.4 Å². The molecule has 0 unspecified atom stereocenters. The monoisotopic (exact) mass is 404 g/mol. The van der Waals surface area contributed by atoms with Crippen LogP contribution in [0.4, 0.5) is 5.69 Å². The zero-order valence-corrected chi connectivity index (χ0v) is 17.4. The van der Waals surface area contributed by atoms with Crippen molar-refractivity contribution in [1.29, 1.82) is 0 Å². The van der Waals surface area contributed by atoms with E-state index in [4.69, 9.17) is 9.47 Å². The number of fused-ring (bicyclic) bond motifs is 1. The molecular formula is C25H28N2O3. The lowest BCUT2D eigenvalue weighted by atomic mass is 9.51. The maximum absolute atomic E-state index is 10.7. The van der Waals surface area contributed by atoms with Crippen molar-refractivity contribution < 1.29 is 14.6 Å². The second kappa shape index (κ2) is 5.85. The molecule has 5 atom stereocenters.